The summed E-state index contributed by atoms with van der Waals surface area (Å²) < 4.78 is 2.46. The number of hydrogen-bond donors (Lipinski definition) is 1. The minimum atomic E-state index is 0.152. The SMILES string of the molecule is N#Cc1ncn(-c2ccc(CN)c(Br)c2)n1. The number of rotatable bonds is 2. The standard InChI is InChI=1S/C10H8BrN5/c11-9-3-8(2-1-7(9)4-12)16-6-14-10(5-13)15-16/h1-3,6H,4,12H2. The molecule has 1 heterocycles. The van der Waals surface area contributed by atoms with Crippen LogP contribution in [0.5, 0.6) is 0 Å². The summed E-state index contributed by atoms with van der Waals surface area (Å²) in [4.78, 5) is 3.83. The molecule has 0 fully saturated rings. The molecule has 0 amide bonds. The van der Waals surface area contributed by atoms with E-state index >= 15 is 0 Å². The number of halogens is 1. The molecule has 0 aliphatic carbocycles. The van der Waals surface area contributed by atoms with Crippen LogP contribution < -0.4 is 5.73 Å². The minimum Gasteiger partial charge on any atom is -0.326 e. The van der Waals surface area contributed by atoms with Crippen LogP contribution >= 0.6 is 15.9 Å². The number of nitrogens with zero attached hydrogens (tertiary/aromatic N) is 4. The second-order valence-electron chi connectivity index (χ2n) is 3.10. The van der Waals surface area contributed by atoms with Gasteiger partial charge in [0, 0.05) is 11.0 Å². The molecule has 6 heteroatoms. The van der Waals surface area contributed by atoms with Gasteiger partial charge in [-0.3, -0.25) is 0 Å². The quantitative estimate of drug-likeness (QED) is 0.899. The van der Waals surface area contributed by atoms with E-state index in [1.54, 1.807) is 4.68 Å². The van der Waals surface area contributed by atoms with Gasteiger partial charge in [-0.05, 0) is 17.7 Å². The van der Waals surface area contributed by atoms with E-state index in [4.69, 9.17) is 11.0 Å². The van der Waals surface area contributed by atoms with Gasteiger partial charge in [-0.1, -0.05) is 22.0 Å². The van der Waals surface area contributed by atoms with Crippen LogP contribution in [0.4, 0.5) is 0 Å². The topological polar surface area (TPSA) is 80.5 Å². The van der Waals surface area contributed by atoms with E-state index in [1.165, 1.54) is 6.33 Å². The minimum absolute atomic E-state index is 0.152. The molecule has 5 nitrogen and oxygen atoms in total. The van der Waals surface area contributed by atoms with Crippen molar-refractivity contribution >= 4 is 15.9 Å². The molecule has 16 heavy (non-hydrogen) atoms. The fraction of sp³-hybridized carbons (Fsp3) is 0.100. The number of nitriles is 1. The molecule has 0 atom stereocenters. The zero-order chi connectivity index (χ0) is 11.5. The summed E-state index contributed by atoms with van der Waals surface area (Å²) in [6, 6.07) is 7.55. The Morgan fingerprint density at radius 2 is 2.31 bits per heavy atom. The predicted octanol–water partition coefficient (Wildman–Crippen LogP) is 1.36. The third-order valence-corrected chi connectivity index (χ3v) is 2.85. The molecule has 0 aliphatic heterocycles. The third kappa shape index (κ3) is 1.96. The van der Waals surface area contributed by atoms with Crippen LogP contribution in [-0.4, -0.2) is 14.8 Å². The number of aromatic nitrogens is 3. The van der Waals surface area contributed by atoms with Crippen LogP contribution in [0.15, 0.2) is 29.0 Å². The molecule has 0 unspecified atom stereocenters. The molecular formula is C10H8BrN5. The molecular weight excluding hydrogens is 270 g/mol. The van der Waals surface area contributed by atoms with Crippen LogP contribution in [0, 0.1) is 11.3 Å². The highest BCUT2D eigenvalue weighted by Gasteiger charge is 2.04. The number of nitrogens with two attached hydrogens (primary N) is 1. The van der Waals surface area contributed by atoms with E-state index in [1.807, 2.05) is 24.3 Å². The molecule has 0 spiro atoms. The van der Waals surface area contributed by atoms with Gasteiger partial charge in [0.2, 0.25) is 0 Å². The first-order valence-corrected chi connectivity index (χ1v) is 5.34. The first-order valence-electron chi connectivity index (χ1n) is 4.55. The molecule has 80 valence electrons. The van der Waals surface area contributed by atoms with Gasteiger partial charge in [-0.2, -0.15) is 5.26 Å². The van der Waals surface area contributed by atoms with E-state index < -0.39 is 0 Å². The molecule has 0 aliphatic rings. The first kappa shape index (κ1) is 10.8. The highest BCUT2D eigenvalue weighted by atomic mass is 79.9. The van der Waals surface area contributed by atoms with Gasteiger partial charge in [-0.25, -0.2) is 9.67 Å². The van der Waals surface area contributed by atoms with Crippen molar-refractivity contribution in [2.75, 3.05) is 0 Å². The maximum absolute atomic E-state index is 8.62. The van der Waals surface area contributed by atoms with Crippen molar-refractivity contribution in [3.8, 4) is 11.8 Å². The van der Waals surface area contributed by atoms with Gasteiger partial charge in [0.15, 0.2) is 0 Å². The molecule has 2 N–H and O–H groups in total. The fourth-order valence-corrected chi connectivity index (χ4v) is 1.81. The molecule has 1 aromatic carbocycles. The van der Waals surface area contributed by atoms with Crippen molar-refractivity contribution < 1.29 is 0 Å². The Kier molecular flexibility index (Phi) is 2.99. The number of benzene rings is 1. The van der Waals surface area contributed by atoms with E-state index in [-0.39, 0.29) is 5.82 Å². The molecule has 2 rings (SSSR count). The smallest absolute Gasteiger partial charge is 0.252 e. The Bertz CT molecular complexity index is 555. The lowest BCUT2D eigenvalue weighted by Crippen LogP contribution is -2.00. The lowest BCUT2D eigenvalue weighted by molar-refractivity contribution is 0.869. The van der Waals surface area contributed by atoms with Crippen LogP contribution in [0.25, 0.3) is 5.69 Å². The maximum atomic E-state index is 8.62. The van der Waals surface area contributed by atoms with E-state index in [2.05, 4.69) is 26.0 Å². The number of hydrogen-bond acceptors (Lipinski definition) is 4. The van der Waals surface area contributed by atoms with Gasteiger partial charge >= 0.3 is 0 Å². The van der Waals surface area contributed by atoms with Crippen molar-refractivity contribution in [2.24, 2.45) is 5.73 Å². The Labute approximate surface area is 101 Å². The van der Waals surface area contributed by atoms with Gasteiger partial charge < -0.3 is 5.73 Å². The molecule has 0 saturated carbocycles. The van der Waals surface area contributed by atoms with Gasteiger partial charge in [0.05, 0.1) is 5.69 Å². The highest BCUT2D eigenvalue weighted by molar-refractivity contribution is 9.10. The van der Waals surface area contributed by atoms with E-state index in [0.29, 0.717) is 6.54 Å². The largest absolute Gasteiger partial charge is 0.326 e. The summed E-state index contributed by atoms with van der Waals surface area (Å²) in [5, 5.41) is 12.6. The monoisotopic (exact) mass is 277 g/mol. The summed E-state index contributed by atoms with van der Waals surface area (Å²) >= 11 is 3.42. The average molecular weight is 278 g/mol. The Balaban J connectivity index is 2.42. The zero-order valence-electron chi connectivity index (χ0n) is 8.26. The summed E-state index contributed by atoms with van der Waals surface area (Å²) in [6.07, 6.45) is 1.50. The van der Waals surface area contributed by atoms with Crippen molar-refractivity contribution in [2.45, 2.75) is 6.54 Å². The van der Waals surface area contributed by atoms with Crippen LogP contribution in [0.3, 0.4) is 0 Å². The zero-order valence-corrected chi connectivity index (χ0v) is 9.85. The maximum Gasteiger partial charge on any atom is 0.252 e. The summed E-state index contributed by atoms with van der Waals surface area (Å²) in [5.74, 6) is 0.152. The Morgan fingerprint density at radius 3 is 2.88 bits per heavy atom. The summed E-state index contributed by atoms with van der Waals surface area (Å²) in [7, 11) is 0. The van der Waals surface area contributed by atoms with E-state index in [0.717, 1.165) is 15.7 Å². The first-order chi connectivity index (χ1) is 7.74. The van der Waals surface area contributed by atoms with E-state index in [9.17, 15) is 0 Å². The van der Waals surface area contributed by atoms with Crippen molar-refractivity contribution in [1.29, 1.82) is 5.26 Å². The van der Waals surface area contributed by atoms with Gasteiger partial charge in [-0.15, -0.1) is 5.10 Å². The second kappa shape index (κ2) is 4.43. The van der Waals surface area contributed by atoms with Gasteiger partial charge in [0.25, 0.3) is 5.82 Å². The molecule has 2 aromatic rings. The molecule has 0 bridgehead atoms. The molecule has 0 radical (unpaired) electrons. The normalized spacial score (nSPS) is 10.1. The lowest BCUT2D eigenvalue weighted by atomic mass is 10.2. The molecule has 0 saturated heterocycles. The Morgan fingerprint density at radius 1 is 1.50 bits per heavy atom. The van der Waals surface area contributed by atoms with Crippen molar-refractivity contribution in [1.82, 2.24) is 14.8 Å². The average Bonchev–Trinajstić information content (AvgIpc) is 2.77. The predicted molar refractivity (Wildman–Crippen MR) is 61.7 cm³/mol. The Hall–Kier alpha value is -1.71. The van der Waals surface area contributed by atoms with Crippen LogP contribution in [0.1, 0.15) is 11.4 Å². The third-order valence-electron chi connectivity index (χ3n) is 2.11. The van der Waals surface area contributed by atoms with Crippen LogP contribution in [-0.2, 0) is 6.54 Å². The second-order valence-corrected chi connectivity index (χ2v) is 3.96. The summed E-state index contributed by atoms with van der Waals surface area (Å²) in [6.45, 7) is 0.474. The highest BCUT2D eigenvalue weighted by Crippen LogP contribution is 2.19. The fourth-order valence-electron chi connectivity index (χ4n) is 1.28. The lowest BCUT2D eigenvalue weighted by Gasteiger charge is -2.04. The van der Waals surface area contributed by atoms with Crippen LogP contribution in [0.2, 0.25) is 0 Å². The molecule has 1 aromatic heterocycles. The van der Waals surface area contributed by atoms with Gasteiger partial charge in [0.1, 0.15) is 12.4 Å². The van der Waals surface area contributed by atoms with Crippen molar-refractivity contribution in [3.05, 3.63) is 40.4 Å². The summed E-state index contributed by atoms with van der Waals surface area (Å²) in [5.41, 5.74) is 7.41. The van der Waals surface area contributed by atoms with Crippen molar-refractivity contribution in [3.63, 3.8) is 0 Å².